The van der Waals surface area contributed by atoms with E-state index < -0.39 is 0 Å². The minimum absolute atomic E-state index is 0.0995. The monoisotopic (exact) mass is 367 g/mol. The molecule has 0 fully saturated rings. The van der Waals surface area contributed by atoms with Gasteiger partial charge < -0.3 is 11.1 Å². The molecule has 136 valence electrons. The first-order valence-electron chi connectivity index (χ1n) is 8.99. The van der Waals surface area contributed by atoms with E-state index in [4.69, 9.17) is 5.73 Å². The highest BCUT2D eigenvalue weighted by molar-refractivity contribution is 8.13. The number of amides is 1. The van der Waals surface area contributed by atoms with Crippen LogP contribution in [0.1, 0.15) is 48.2 Å². The summed E-state index contributed by atoms with van der Waals surface area (Å²) < 4.78 is 0. The quantitative estimate of drug-likeness (QED) is 0.814. The normalized spacial score (nSPS) is 19.7. The molecule has 2 aromatic carbocycles. The fourth-order valence-corrected chi connectivity index (χ4v) is 4.12. The molecule has 1 aliphatic rings. The SMILES string of the molecule is CCCc1ccc(C(=O)Nc2cccc(C3(C)CCSC(N)=N3)c2)cc1. The molecule has 1 atom stereocenters. The van der Waals surface area contributed by atoms with Crippen LogP contribution < -0.4 is 11.1 Å². The molecule has 1 amide bonds. The number of rotatable bonds is 5. The summed E-state index contributed by atoms with van der Waals surface area (Å²) in [6.07, 6.45) is 3.06. The standard InChI is InChI=1S/C21H25N3OS/c1-3-5-15-8-10-16(11-9-15)19(25)23-18-7-4-6-17(14-18)21(2)12-13-26-20(22)24-21/h4,6-11,14H,3,5,12-13H2,1-2H3,(H2,22,24)(H,23,25). The molecule has 0 radical (unpaired) electrons. The Labute approximate surface area is 159 Å². The predicted molar refractivity (Wildman–Crippen MR) is 111 cm³/mol. The lowest BCUT2D eigenvalue weighted by Crippen LogP contribution is -2.28. The summed E-state index contributed by atoms with van der Waals surface area (Å²) in [4.78, 5) is 17.2. The van der Waals surface area contributed by atoms with Crippen LogP contribution in [-0.2, 0) is 12.0 Å². The molecule has 2 aromatic rings. The van der Waals surface area contributed by atoms with Crippen molar-refractivity contribution in [3.63, 3.8) is 0 Å². The summed E-state index contributed by atoms with van der Waals surface area (Å²) in [7, 11) is 0. The molecule has 1 aliphatic heterocycles. The Morgan fingerprint density at radius 3 is 2.73 bits per heavy atom. The van der Waals surface area contributed by atoms with E-state index in [-0.39, 0.29) is 11.4 Å². The van der Waals surface area contributed by atoms with Crippen molar-refractivity contribution < 1.29 is 4.79 Å². The van der Waals surface area contributed by atoms with E-state index in [1.807, 2.05) is 48.5 Å². The van der Waals surface area contributed by atoms with Crippen molar-refractivity contribution >= 4 is 28.5 Å². The van der Waals surface area contributed by atoms with Gasteiger partial charge in [-0.05, 0) is 55.2 Å². The molecule has 3 N–H and O–H groups in total. The van der Waals surface area contributed by atoms with Gasteiger partial charge in [0.25, 0.3) is 5.91 Å². The highest BCUT2D eigenvalue weighted by atomic mass is 32.2. The van der Waals surface area contributed by atoms with Crippen LogP contribution in [0.15, 0.2) is 53.5 Å². The second kappa shape index (κ2) is 7.96. The van der Waals surface area contributed by atoms with Gasteiger partial charge in [0.2, 0.25) is 0 Å². The molecule has 0 aliphatic carbocycles. The van der Waals surface area contributed by atoms with Crippen molar-refractivity contribution in [3.8, 4) is 0 Å². The van der Waals surface area contributed by atoms with E-state index in [9.17, 15) is 4.79 Å². The van der Waals surface area contributed by atoms with Crippen molar-refractivity contribution in [2.75, 3.05) is 11.1 Å². The molecule has 0 spiro atoms. The predicted octanol–water partition coefficient (Wildman–Crippen LogP) is 4.56. The van der Waals surface area contributed by atoms with Crippen LogP contribution >= 0.6 is 11.8 Å². The largest absolute Gasteiger partial charge is 0.379 e. The lowest BCUT2D eigenvalue weighted by molar-refractivity contribution is 0.102. The number of carbonyl (C=O) groups excluding carboxylic acids is 1. The van der Waals surface area contributed by atoms with Gasteiger partial charge in [-0.2, -0.15) is 0 Å². The average molecular weight is 368 g/mol. The number of nitrogens with zero attached hydrogens (tertiary/aromatic N) is 1. The molecule has 3 rings (SSSR count). The maximum absolute atomic E-state index is 12.5. The minimum atomic E-state index is -0.335. The third-order valence-corrected chi connectivity index (χ3v) is 5.49. The molecule has 0 saturated carbocycles. The van der Waals surface area contributed by atoms with Gasteiger partial charge in [-0.15, -0.1) is 0 Å². The molecule has 1 unspecified atom stereocenters. The Morgan fingerprint density at radius 1 is 1.27 bits per heavy atom. The van der Waals surface area contributed by atoms with E-state index in [0.29, 0.717) is 10.7 Å². The molecule has 4 nitrogen and oxygen atoms in total. The number of aryl methyl sites for hydroxylation is 1. The van der Waals surface area contributed by atoms with Gasteiger partial charge in [0.05, 0.1) is 5.54 Å². The zero-order valence-electron chi connectivity index (χ0n) is 15.3. The van der Waals surface area contributed by atoms with E-state index in [1.165, 1.54) is 5.56 Å². The van der Waals surface area contributed by atoms with Crippen LogP contribution in [0, 0.1) is 0 Å². The molecule has 1 heterocycles. The minimum Gasteiger partial charge on any atom is -0.379 e. The Bertz CT molecular complexity index is 816. The number of carbonyl (C=O) groups is 1. The molecular weight excluding hydrogens is 342 g/mol. The van der Waals surface area contributed by atoms with Gasteiger partial charge in [0, 0.05) is 17.0 Å². The summed E-state index contributed by atoms with van der Waals surface area (Å²) in [6.45, 7) is 4.24. The maximum atomic E-state index is 12.5. The van der Waals surface area contributed by atoms with Crippen molar-refractivity contribution in [1.29, 1.82) is 0 Å². The zero-order valence-corrected chi connectivity index (χ0v) is 16.1. The maximum Gasteiger partial charge on any atom is 0.255 e. The second-order valence-electron chi connectivity index (χ2n) is 6.80. The van der Waals surface area contributed by atoms with Crippen molar-refractivity contribution in [1.82, 2.24) is 0 Å². The van der Waals surface area contributed by atoms with Gasteiger partial charge >= 0.3 is 0 Å². The first kappa shape index (κ1) is 18.5. The third kappa shape index (κ3) is 4.28. The van der Waals surface area contributed by atoms with Gasteiger partial charge in [0.15, 0.2) is 5.17 Å². The van der Waals surface area contributed by atoms with Crippen molar-refractivity contribution in [2.24, 2.45) is 10.7 Å². The first-order valence-corrected chi connectivity index (χ1v) is 9.98. The number of nitrogens with one attached hydrogen (secondary N) is 1. The summed E-state index contributed by atoms with van der Waals surface area (Å²) >= 11 is 1.59. The first-order chi connectivity index (χ1) is 12.5. The molecule has 0 aromatic heterocycles. The van der Waals surface area contributed by atoms with E-state index >= 15 is 0 Å². The third-order valence-electron chi connectivity index (χ3n) is 4.69. The topological polar surface area (TPSA) is 67.5 Å². The van der Waals surface area contributed by atoms with E-state index in [0.717, 1.165) is 36.3 Å². The second-order valence-corrected chi connectivity index (χ2v) is 7.92. The number of aliphatic imine (C=N–C) groups is 1. The summed E-state index contributed by atoms with van der Waals surface area (Å²) in [5, 5.41) is 3.62. The smallest absolute Gasteiger partial charge is 0.255 e. The van der Waals surface area contributed by atoms with Crippen LogP contribution in [0.25, 0.3) is 0 Å². The van der Waals surface area contributed by atoms with Gasteiger partial charge in [-0.25, -0.2) is 0 Å². The van der Waals surface area contributed by atoms with Crippen molar-refractivity contribution in [2.45, 2.75) is 38.6 Å². The fourth-order valence-electron chi connectivity index (χ4n) is 3.14. The van der Waals surface area contributed by atoms with Crippen molar-refractivity contribution in [3.05, 3.63) is 65.2 Å². The highest BCUT2D eigenvalue weighted by Crippen LogP contribution is 2.35. The molecule has 5 heteroatoms. The van der Waals surface area contributed by atoms with Crippen LogP contribution in [0.2, 0.25) is 0 Å². The summed E-state index contributed by atoms with van der Waals surface area (Å²) in [5.74, 6) is 0.851. The number of thioether (sulfide) groups is 1. The van der Waals surface area contributed by atoms with Crippen LogP contribution in [0.4, 0.5) is 5.69 Å². The number of hydrogen-bond acceptors (Lipinski definition) is 4. The van der Waals surface area contributed by atoms with E-state index in [1.54, 1.807) is 11.8 Å². The Kier molecular flexibility index (Phi) is 5.67. The summed E-state index contributed by atoms with van der Waals surface area (Å²) in [6, 6.07) is 15.7. The van der Waals surface area contributed by atoms with Gasteiger partial charge in [0.1, 0.15) is 0 Å². The lowest BCUT2D eigenvalue weighted by atomic mass is 9.89. The number of benzene rings is 2. The van der Waals surface area contributed by atoms with Crippen LogP contribution in [0.3, 0.4) is 0 Å². The van der Waals surface area contributed by atoms with Crippen LogP contribution in [0.5, 0.6) is 0 Å². The average Bonchev–Trinajstić information content (AvgIpc) is 2.63. The molecule has 26 heavy (non-hydrogen) atoms. The number of hydrogen-bond donors (Lipinski definition) is 2. The Hall–Kier alpha value is -2.27. The molecular formula is C21H25N3OS. The fraction of sp³-hybridized carbons (Fsp3) is 0.333. The van der Waals surface area contributed by atoms with E-state index in [2.05, 4.69) is 24.2 Å². The highest BCUT2D eigenvalue weighted by Gasteiger charge is 2.29. The molecule has 0 saturated heterocycles. The number of amidine groups is 1. The van der Waals surface area contributed by atoms with Crippen LogP contribution in [-0.4, -0.2) is 16.8 Å². The number of nitrogens with two attached hydrogens (primary N) is 1. The lowest BCUT2D eigenvalue weighted by Gasteiger charge is -2.30. The Balaban J connectivity index is 1.76. The van der Waals surface area contributed by atoms with Gasteiger partial charge in [-0.3, -0.25) is 9.79 Å². The Morgan fingerprint density at radius 2 is 2.04 bits per heavy atom. The number of anilines is 1. The molecule has 0 bridgehead atoms. The van der Waals surface area contributed by atoms with Gasteiger partial charge in [-0.1, -0.05) is 49.4 Å². The zero-order chi connectivity index (χ0) is 18.6. The summed E-state index contributed by atoms with van der Waals surface area (Å²) in [5.41, 5.74) is 9.35.